The largest absolute Gasteiger partial charge is 0.456 e. The van der Waals surface area contributed by atoms with Crippen LogP contribution in [0.15, 0.2) is 36.4 Å². The Morgan fingerprint density at radius 3 is 2.65 bits per heavy atom. The van der Waals surface area contributed by atoms with E-state index in [0.29, 0.717) is 11.3 Å². The van der Waals surface area contributed by atoms with Gasteiger partial charge in [0.15, 0.2) is 0 Å². The molecule has 0 saturated carbocycles. The quantitative estimate of drug-likeness (QED) is 0.687. The number of nitro groups is 1. The summed E-state index contributed by atoms with van der Waals surface area (Å²) in [5, 5.41) is 19.9. The van der Waals surface area contributed by atoms with Gasteiger partial charge < -0.3 is 9.84 Å². The second-order valence-electron chi connectivity index (χ2n) is 4.22. The number of halogens is 1. The number of aliphatic hydroxyl groups excluding tert-OH is 1. The Balaban J connectivity index is 2.39. The van der Waals surface area contributed by atoms with Crippen molar-refractivity contribution in [2.45, 2.75) is 13.5 Å². The van der Waals surface area contributed by atoms with E-state index in [2.05, 4.69) is 0 Å². The lowest BCUT2D eigenvalue weighted by molar-refractivity contribution is -0.384. The average molecular weight is 277 g/mol. The molecule has 0 aromatic heterocycles. The van der Waals surface area contributed by atoms with E-state index in [4.69, 9.17) is 4.74 Å². The van der Waals surface area contributed by atoms with Gasteiger partial charge in [-0.2, -0.15) is 0 Å². The maximum absolute atomic E-state index is 13.1. The van der Waals surface area contributed by atoms with E-state index in [1.807, 2.05) is 0 Å². The van der Waals surface area contributed by atoms with Crippen LogP contribution in [0.3, 0.4) is 0 Å². The molecule has 0 radical (unpaired) electrons. The minimum Gasteiger partial charge on any atom is -0.456 e. The molecule has 0 unspecified atom stereocenters. The number of ether oxygens (including phenoxy) is 1. The number of rotatable bonds is 4. The molecule has 0 fully saturated rings. The monoisotopic (exact) mass is 277 g/mol. The summed E-state index contributed by atoms with van der Waals surface area (Å²) < 4.78 is 18.6. The van der Waals surface area contributed by atoms with Crippen LogP contribution in [-0.2, 0) is 6.61 Å². The summed E-state index contributed by atoms with van der Waals surface area (Å²) in [5.41, 5.74) is 0.873. The molecule has 0 saturated heterocycles. The van der Waals surface area contributed by atoms with Gasteiger partial charge in [0.1, 0.15) is 17.3 Å². The minimum atomic E-state index is -0.524. The fraction of sp³-hybridized carbons (Fsp3) is 0.143. The van der Waals surface area contributed by atoms with Gasteiger partial charge in [-0.3, -0.25) is 10.1 Å². The summed E-state index contributed by atoms with van der Waals surface area (Å²) in [6, 6.07) is 7.96. The Kier molecular flexibility index (Phi) is 3.95. The fourth-order valence-electron chi connectivity index (χ4n) is 1.70. The van der Waals surface area contributed by atoms with Crippen molar-refractivity contribution in [1.82, 2.24) is 0 Å². The Labute approximate surface area is 114 Å². The first-order chi connectivity index (χ1) is 9.51. The number of aryl methyl sites for hydroxylation is 1. The van der Waals surface area contributed by atoms with E-state index in [-0.39, 0.29) is 23.6 Å². The number of non-ortho nitro benzene ring substituents is 1. The smallest absolute Gasteiger partial charge is 0.273 e. The molecule has 2 rings (SSSR count). The summed E-state index contributed by atoms with van der Waals surface area (Å²) >= 11 is 0. The average Bonchev–Trinajstić information content (AvgIpc) is 2.42. The second kappa shape index (κ2) is 5.66. The van der Waals surface area contributed by atoms with E-state index >= 15 is 0 Å². The van der Waals surface area contributed by atoms with Crippen LogP contribution >= 0.6 is 0 Å². The van der Waals surface area contributed by atoms with Crippen LogP contribution < -0.4 is 4.74 Å². The lowest BCUT2D eigenvalue weighted by Crippen LogP contribution is -1.96. The van der Waals surface area contributed by atoms with Crippen molar-refractivity contribution in [3.8, 4) is 11.5 Å². The maximum Gasteiger partial charge on any atom is 0.273 e. The number of aliphatic hydroxyl groups is 1. The molecule has 1 N–H and O–H groups in total. The predicted octanol–water partition coefficient (Wildman–Crippen LogP) is 3.33. The second-order valence-corrected chi connectivity index (χ2v) is 4.22. The predicted molar refractivity (Wildman–Crippen MR) is 70.2 cm³/mol. The first-order valence-electron chi connectivity index (χ1n) is 5.83. The lowest BCUT2D eigenvalue weighted by atomic mass is 10.2. The third-order valence-electron chi connectivity index (χ3n) is 2.80. The highest BCUT2D eigenvalue weighted by atomic mass is 19.1. The number of nitrogens with zero attached hydrogens (tertiary/aromatic N) is 1. The van der Waals surface area contributed by atoms with Crippen molar-refractivity contribution in [3.63, 3.8) is 0 Å². The van der Waals surface area contributed by atoms with Gasteiger partial charge in [-0.05, 0) is 36.8 Å². The molecule has 0 heterocycles. The molecule has 6 heteroatoms. The van der Waals surface area contributed by atoms with Gasteiger partial charge in [-0.1, -0.05) is 0 Å². The van der Waals surface area contributed by atoms with Crippen LogP contribution in [0.5, 0.6) is 11.5 Å². The van der Waals surface area contributed by atoms with Crippen molar-refractivity contribution in [3.05, 3.63) is 63.5 Å². The standard InChI is InChI=1S/C14H12FNO4/c1-9-2-4-12(16(18)19)7-14(9)20-13-5-3-11(15)6-10(13)8-17/h2-7,17H,8H2,1H3. The number of nitro benzene ring substituents is 1. The van der Waals surface area contributed by atoms with Crippen LogP contribution in [0, 0.1) is 22.9 Å². The molecule has 0 aliphatic heterocycles. The first-order valence-corrected chi connectivity index (χ1v) is 5.83. The van der Waals surface area contributed by atoms with Crippen molar-refractivity contribution in [2.24, 2.45) is 0 Å². The van der Waals surface area contributed by atoms with Gasteiger partial charge >= 0.3 is 0 Å². The Bertz CT molecular complexity index is 658. The summed E-state index contributed by atoms with van der Waals surface area (Å²) in [6.45, 7) is 1.35. The Morgan fingerprint density at radius 1 is 1.25 bits per heavy atom. The number of hydrogen-bond donors (Lipinski definition) is 1. The van der Waals surface area contributed by atoms with Crippen LogP contribution in [0.25, 0.3) is 0 Å². The summed E-state index contributed by atoms with van der Waals surface area (Å²) in [6.07, 6.45) is 0. The number of benzene rings is 2. The van der Waals surface area contributed by atoms with Crippen molar-refractivity contribution < 1.29 is 19.2 Å². The molecule has 104 valence electrons. The molecule has 2 aromatic rings. The van der Waals surface area contributed by atoms with Gasteiger partial charge in [-0.25, -0.2) is 4.39 Å². The van der Waals surface area contributed by atoms with Crippen LogP contribution in [0.4, 0.5) is 10.1 Å². The normalized spacial score (nSPS) is 10.3. The van der Waals surface area contributed by atoms with E-state index in [0.717, 1.165) is 6.07 Å². The lowest BCUT2D eigenvalue weighted by Gasteiger charge is -2.11. The van der Waals surface area contributed by atoms with E-state index in [9.17, 15) is 19.6 Å². The van der Waals surface area contributed by atoms with Crippen molar-refractivity contribution in [1.29, 1.82) is 0 Å². The molecule has 0 amide bonds. The molecular formula is C14H12FNO4. The Morgan fingerprint density at radius 2 is 2.00 bits per heavy atom. The molecule has 0 spiro atoms. The molecule has 0 aliphatic carbocycles. The zero-order valence-electron chi connectivity index (χ0n) is 10.7. The molecule has 0 atom stereocenters. The molecule has 20 heavy (non-hydrogen) atoms. The van der Waals surface area contributed by atoms with Crippen molar-refractivity contribution >= 4 is 5.69 Å². The topological polar surface area (TPSA) is 72.6 Å². The third kappa shape index (κ3) is 2.92. The van der Waals surface area contributed by atoms with E-state index in [1.165, 1.54) is 24.3 Å². The van der Waals surface area contributed by atoms with Crippen LogP contribution in [-0.4, -0.2) is 10.0 Å². The summed E-state index contributed by atoms with van der Waals surface area (Å²) in [7, 11) is 0. The van der Waals surface area contributed by atoms with Gasteiger partial charge in [0.25, 0.3) is 5.69 Å². The summed E-state index contributed by atoms with van der Waals surface area (Å²) in [4.78, 5) is 10.2. The SMILES string of the molecule is Cc1ccc([N+](=O)[O-])cc1Oc1ccc(F)cc1CO. The van der Waals surface area contributed by atoms with Gasteiger partial charge in [0.05, 0.1) is 17.6 Å². The highest BCUT2D eigenvalue weighted by Crippen LogP contribution is 2.31. The number of hydrogen-bond acceptors (Lipinski definition) is 4. The zero-order chi connectivity index (χ0) is 14.7. The summed E-state index contributed by atoms with van der Waals surface area (Å²) in [5.74, 6) is 0.0650. The van der Waals surface area contributed by atoms with Crippen molar-refractivity contribution in [2.75, 3.05) is 0 Å². The molecule has 0 aliphatic rings. The van der Waals surface area contributed by atoms with Gasteiger partial charge in [0.2, 0.25) is 0 Å². The highest BCUT2D eigenvalue weighted by molar-refractivity contribution is 5.47. The van der Waals surface area contributed by atoms with Gasteiger partial charge in [0, 0.05) is 11.6 Å². The van der Waals surface area contributed by atoms with E-state index in [1.54, 1.807) is 13.0 Å². The zero-order valence-corrected chi connectivity index (χ0v) is 10.7. The van der Waals surface area contributed by atoms with Crippen LogP contribution in [0.1, 0.15) is 11.1 Å². The van der Waals surface area contributed by atoms with Gasteiger partial charge in [-0.15, -0.1) is 0 Å². The van der Waals surface area contributed by atoms with E-state index < -0.39 is 10.7 Å². The molecule has 2 aromatic carbocycles. The molecule has 0 bridgehead atoms. The molecule has 5 nitrogen and oxygen atoms in total. The first kappa shape index (κ1) is 14.0. The minimum absolute atomic E-state index is 0.0988. The van der Waals surface area contributed by atoms with Crippen LogP contribution in [0.2, 0.25) is 0 Å². The Hall–Kier alpha value is -2.47. The molecular weight excluding hydrogens is 265 g/mol. The fourth-order valence-corrected chi connectivity index (χ4v) is 1.70. The maximum atomic E-state index is 13.1. The highest BCUT2D eigenvalue weighted by Gasteiger charge is 2.12. The third-order valence-corrected chi connectivity index (χ3v) is 2.80.